The maximum Gasteiger partial charge on any atom is 0.313 e. The van der Waals surface area contributed by atoms with Crippen LogP contribution in [-0.2, 0) is 19.1 Å². The molecule has 1 aromatic carbocycles. The second-order valence-corrected chi connectivity index (χ2v) is 8.56. The van der Waals surface area contributed by atoms with E-state index in [0.29, 0.717) is 32.7 Å². The molecule has 1 aromatic rings. The molecule has 3 aliphatic rings. The van der Waals surface area contributed by atoms with Gasteiger partial charge in [-0.15, -0.1) is 0 Å². The van der Waals surface area contributed by atoms with Crippen LogP contribution in [0.4, 0.5) is 0 Å². The number of amides is 3. The van der Waals surface area contributed by atoms with Gasteiger partial charge in [0.05, 0.1) is 12.2 Å². The lowest BCUT2D eigenvalue weighted by atomic mass is 9.84. The van der Waals surface area contributed by atoms with Crippen molar-refractivity contribution in [3.8, 4) is 0 Å². The van der Waals surface area contributed by atoms with Crippen LogP contribution in [0.15, 0.2) is 30.3 Å². The molecule has 3 aliphatic heterocycles. The van der Waals surface area contributed by atoms with Crippen molar-refractivity contribution < 1.29 is 19.1 Å². The highest BCUT2D eigenvalue weighted by Gasteiger charge is 2.45. The van der Waals surface area contributed by atoms with E-state index in [1.807, 2.05) is 35.2 Å². The highest BCUT2D eigenvalue weighted by molar-refractivity contribution is 6.35. The summed E-state index contributed by atoms with van der Waals surface area (Å²) in [6, 6.07) is 8.60. The van der Waals surface area contributed by atoms with Crippen molar-refractivity contribution >= 4 is 17.7 Å². The molecule has 1 atom stereocenters. The SMILES string of the molecule is CCCCN1CCN([C@@H](C(=O)N2CCC3(CCO3)CC2)c2ccccc2)C(=O)C1=O. The molecule has 0 aromatic heterocycles. The van der Waals surface area contributed by atoms with Crippen LogP contribution in [-0.4, -0.2) is 77.4 Å². The molecule has 4 rings (SSSR count). The summed E-state index contributed by atoms with van der Waals surface area (Å²) in [5.41, 5.74) is 0.709. The van der Waals surface area contributed by atoms with E-state index in [1.165, 1.54) is 4.90 Å². The zero-order valence-electron chi connectivity index (χ0n) is 17.7. The monoisotopic (exact) mass is 413 g/mol. The molecule has 0 bridgehead atoms. The molecule has 3 fully saturated rings. The first kappa shape index (κ1) is 20.8. The van der Waals surface area contributed by atoms with E-state index in [2.05, 4.69) is 6.92 Å². The highest BCUT2D eigenvalue weighted by Crippen LogP contribution is 2.38. The van der Waals surface area contributed by atoms with E-state index in [4.69, 9.17) is 4.74 Å². The molecule has 30 heavy (non-hydrogen) atoms. The Hall–Kier alpha value is -2.41. The van der Waals surface area contributed by atoms with E-state index in [0.717, 1.165) is 44.3 Å². The average molecular weight is 414 g/mol. The number of carbonyl (C=O) groups is 3. The summed E-state index contributed by atoms with van der Waals surface area (Å²) in [7, 11) is 0. The van der Waals surface area contributed by atoms with Crippen LogP contribution >= 0.6 is 0 Å². The van der Waals surface area contributed by atoms with E-state index in [-0.39, 0.29) is 11.5 Å². The Balaban J connectivity index is 1.53. The van der Waals surface area contributed by atoms with Crippen molar-refractivity contribution in [2.75, 3.05) is 39.3 Å². The molecule has 162 valence electrons. The Labute approximate surface area is 177 Å². The minimum Gasteiger partial charge on any atom is -0.375 e. The summed E-state index contributed by atoms with van der Waals surface area (Å²) < 4.78 is 5.77. The number of piperidine rings is 1. The molecular weight excluding hydrogens is 382 g/mol. The predicted molar refractivity (Wildman–Crippen MR) is 111 cm³/mol. The molecule has 0 saturated carbocycles. The minimum atomic E-state index is -0.757. The van der Waals surface area contributed by atoms with Crippen LogP contribution in [0.3, 0.4) is 0 Å². The van der Waals surface area contributed by atoms with Gasteiger partial charge in [-0.3, -0.25) is 14.4 Å². The fourth-order valence-electron chi connectivity index (χ4n) is 4.68. The molecule has 0 unspecified atom stereocenters. The van der Waals surface area contributed by atoms with Crippen LogP contribution in [0.5, 0.6) is 0 Å². The van der Waals surface area contributed by atoms with Gasteiger partial charge in [-0.25, -0.2) is 0 Å². The molecule has 0 N–H and O–H groups in total. The van der Waals surface area contributed by atoms with Crippen molar-refractivity contribution in [3.05, 3.63) is 35.9 Å². The van der Waals surface area contributed by atoms with Crippen LogP contribution in [0, 0.1) is 0 Å². The molecule has 3 saturated heterocycles. The normalized spacial score (nSPS) is 22.2. The van der Waals surface area contributed by atoms with Crippen molar-refractivity contribution in [1.82, 2.24) is 14.7 Å². The second kappa shape index (κ2) is 8.76. The van der Waals surface area contributed by atoms with Gasteiger partial charge < -0.3 is 19.4 Å². The molecule has 0 aliphatic carbocycles. The molecule has 0 radical (unpaired) electrons. The van der Waals surface area contributed by atoms with Gasteiger partial charge in [-0.1, -0.05) is 43.7 Å². The van der Waals surface area contributed by atoms with Gasteiger partial charge in [-0.2, -0.15) is 0 Å². The number of benzene rings is 1. The van der Waals surface area contributed by atoms with Gasteiger partial charge in [0.1, 0.15) is 6.04 Å². The summed E-state index contributed by atoms with van der Waals surface area (Å²) in [6.45, 7) is 5.55. The van der Waals surface area contributed by atoms with Crippen molar-refractivity contribution in [2.24, 2.45) is 0 Å². The summed E-state index contributed by atoms with van der Waals surface area (Å²) in [5.74, 6) is -1.17. The third kappa shape index (κ3) is 3.95. The van der Waals surface area contributed by atoms with Gasteiger partial charge in [0.25, 0.3) is 0 Å². The second-order valence-electron chi connectivity index (χ2n) is 8.56. The molecule has 7 nitrogen and oxygen atoms in total. The van der Waals surface area contributed by atoms with Gasteiger partial charge >= 0.3 is 11.8 Å². The van der Waals surface area contributed by atoms with E-state index >= 15 is 0 Å². The largest absolute Gasteiger partial charge is 0.375 e. The maximum absolute atomic E-state index is 13.6. The van der Waals surface area contributed by atoms with E-state index in [9.17, 15) is 14.4 Å². The number of hydrogen-bond donors (Lipinski definition) is 0. The first-order valence-corrected chi connectivity index (χ1v) is 11.1. The molecule has 1 spiro atoms. The minimum absolute atomic E-state index is 0.0459. The van der Waals surface area contributed by atoms with Gasteiger partial charge in [0.2, 0.25) is 5.91 Å². The lowest BCUT2D eigenvalue weighted by Crippen LogP contribution is -2.59. The van der Waals surface area contributed by atoms with Gasteiger partial charge in [0.15, 0.2) is 0 Å². The number of piperazine rings is 1. The Kier molecular flexibility index (Phi) is 6.09. The summed E-state index contributed by atoms with van der Waals surface area (Å²) in [6.07, 6.45) is 4.56. The summed E-state index contributed by atoms with van der Waals surface area (Å²) in [5, 5.41) is 0. The first-order valence-electron chi connectivity index (χ1n) is 11.1. The van der Waals surface area contributed by atoms with Crippen molar-refractivity contribution in [2.45, 2.75) is 50.7 Å². The Morgan fingerprint density at radius 2 is 1.73 bits per heavy atom. The standard InChI is InChI=1S/C23H31N3O4/c1-2-3-12-24-15-16-26(22(29)21(24)28)19(18-7-5-4-6-8-18)20(27)25-13-9-23(10-14-25)11-17-30-23/h4-8,19H,2-3,9-17H2,1H3/t19-/m1/s1. The summed E-state index contributed by atoms with van der Waals surface area (Å²) in [4.78, 5) is 44.2. The Morgan fingerprint density at radius 3 is 2.33 bits per heavy atom. The molecule has 3 amide bonds. The zero-order chi connectivity index (χ0) is 21.1. The summed E-state index contributed by atoms with van der Waals surface area (Å²) >= 11 is 0. The van der Waals surface area contributed by atoms with E-state index < -0.39 is 17.9 Å². The van der Waals surface area contributed by atoms with Crippen LogP contribution in [0.1, 0.15) is 50.6 Å². The number of nitrogens with zero attached hydrogens (tertiary/aromatic N) is 3. The fraction of sp³-hybridized carbons (Fsp3) is 0.609. The number of likely N-dealkylation sites (tertiary alicyclic amines) is 1. The van der Waals surface area contributed by atoms with Gasteiger partial charge in [0, 0.05) is 32.7 Å². The lowest BCUT2D eigenvalue weighted by molar-refractivity contribution is -0.179. The zero-order valence-corrected chi connectivity index (χ0v) is 17.7. The molecule has 7 heteroatoms. The number of ether oxygens (including phenoxy) is 1. The topological polar surface area (TPSA) is 70.2 Å². The highest BCUT2D eigenvalue weighted by atomic mass is 16.5. The van der Waals surface area contributed by atoms with Crippen molar-refractivity contribution in [1.29, 1.82) is 0 Å². The van der Waals surface area contributed by atoms with Crippen LogP contribution in [0.25, 0.3) is 0 Å². The van der Waals surface area contributed by atoms with Crippen molar-refractivity contribution in [3.63, 3.8) is 0 Å². The first-order chi connectivity index (χ1) is 14.5. The smallest absolute Gasteiger partial charge is 0.313 e. The van der Waals surface area contributed by atoms with Crippen LogP contribution < -0.4 is 0 Å². The quantitative estimate of drug-likeness (QED) is 0.669. The number of carbonyl (C=O) groups excluding carboxylic acids is 3. The third-order valence-corrected chi connectivity index (χ3v) is 6.74. The Bertz CT molecular complexity index is 783. The average Bonchev–Trinajstić information content (AvgIpc) is 2.76. The molecular formula is C23H31N3O4. The lowest BCUT2D eigenvalue weighted by Gasteiger charge is -2.48. The van der Waals surface area contributed by atoms with Crippen LogP contribution in [0.2, 0.25) is 0 Å². The predicted octanol–water partition coefficient (Wildman–Crippen LogP) is 1.98. The van der Waals surface area contributed by atoms with Gasteiger partial charge in [-0.05, 0) is 31.2 Å². The third-order valence-electron chi connectivity index (χ3n) is 6.74. The van der Waals surface area contributed by atoms with E-state index in [1.54, 1.807) is 4.90 Å². The maximum atomic E-state index is 13.6. The number of unbranched alkanes of at least 4 members (excludes halogenated alkanes) is 1. The number of hydrogen-bond acceptors (Lipinski definition) is 4. The Morgan fingerprint density at radius 1 is 1.03 bits per heavy atom. The molecule has 3 heterocycles. The fourth-order valence-corrected chi connectivity index (χ4v) is 4.68. The number of rotatable bonds is 6.